The lowest BCUT2D eigenvalue weighted by Crippen LogP contribution is -2.11. The zero-order valence-electron chi connectivity index (χ0n) is 11.0. The molecular formula is C13H11BrN2O5. The van der Waals surface area contributed by atoms with Gasteiger partial charge in [-0.05, 0) is 33.6 Å². The molecule has 8 heteroatoms. The van der Waals surface area contributed by atoms with Crippen LogP contribution in [0.5, 0.6) is 0 Å². The second kappa shape index (κ2) is 8.14. The van der Waals surface area contributed by atoms with E-state index in [1.807, 2.05) is 0 Å². The van der Waals surface area contributed by atoms with Crippen molar-refractivity contribution < 1.29 is 19.2 Å². The highest BCUT2D eigenvalue weighted by atomic mass is 79.9. The molecule has 0 amide bonds. The minimum absolute atomic E-state index is 0.0227. The zero-order chi connectivity index (χ0) is 15.8. The van der Waals surface area contributed by atoms with Crippen LogP contribution in [0.25, 0.3) is 6.08 Å². The molecule has 21 heavy (non-hydrogen) atoms. The molecule has 0 spiro atoms. The van der Waals surface area contributed by atoms with E-state index < -0.39 is 10.9 Å². The van der Waals surface area contributed by atoms with Crippen LogP contribution in [-0.4, -0.2) is 31.2 Å². The summed E-state index contributed by atoms with van der Waals surface area (Å²) < 4.78 is 9.84. The molecule has 1 aromatic rings. The molecule has 0 aliphatic rings. The third-order valence-electron chi connectivity index (χ3n) is 2.34. The van der Waals surface area contributed by atoms with Crippen LogP contribution in [0.3, 0.4) is 0 Å². The first kappa shape index (κ1) is 16.8. The van der Waals surface area contributed by atoms with Gasteiger partial charge in [-0.3, -0.25) is 10.1 Å². The van der Waals surface area contributed by atoms with Gasteiger partial charge in [0.15, 0.2) is 0 Å². The van der Waals surface area contributed by atoms with Crippen molar-refractivity contribution in [2.45, 2.75) is 0 Å². The minimum Gasteiger partial charge on any atom is -0.459 e. The van der Waals surface area contributed by atoms with Crippen LogP contribution in [0.4, 0.5) is 5.69 Å². The number of ether oxygens (including phenoxy) is 2. The van der Waals surface area contributed by atoms with E-state index >= 15 is 0 Å². The molecule has 0 unspecified atom stereocenters. The molecule has 7 nitrogen and oxygen atoms in total. The van der Waals surface area contributed by atoms with Gasteiger partial charge in [0.1, 0.15) is 18.2 Å². The zero-order valence-corrected chi connectivity index (χ0v) is 12.6. The van der Waals surface area contributed by atoms with E-state index in [1.165, 1.54) is 31.4 Å². The number of nitro benzene ring substituents is 1. The molecule has 0 radical (unpaired) electrons. The Morgan fingerprint density at radius 3 is 2.81 bits per heavy atom. The normalized spacial score (nSPS) is 10.8. The van der Waals surface area contributed by atoms with Crippen LogP contribution in [0.1, 0.15) is 5.56 Å². The molecule has 0 aromatic heterocycles. The summed E-state index contributed by atoms with van der Waals surface area (Å²) in [5.41, 5.74) is -0.0540. The van der Waals surface area contributed by atoms with Crippen LogP contribution in [0.2, 0.25) is 0 Å². The Bertz CT molecular complexity index is 621. The van der Waals surface area contributed by atoms with Crippen molar-refractivity contribution >= 4 is 33.7 Å². The maximum Gasteiger partial charge on any atom is 0.348 e. The highest BCUT2D eigenvalue weighted by Crippen LogP contribution is 2.26. The number of esters is 1. The van der Waals surface area contributed by atoms with E-state index in [0.717, 1.165) is 0 Å². The first-order valence-corrected chi connectivity index (χ1v) is 6.50. The summed E-state index contributed by atoms with van der Waals surface area (Å²) in [5.74, 6) is -0.805. The fourth-order valence-corrected chi connectivity index (χ4v) is 1.75. The van der Waals surface area contributed by atoms with E-state index in [2.05, 4.69) is 15.9 Å². The monoisotopic (exact) mass is 354 g/mol. The summed E-state index contributed by atoms with van der Waals surface area (Å²) in [6.45, 7) is 0.239. The third kappa shape index (κ3) is 4.98. The SMILES string of the molecule is COCCOC(=O)/C(C#N)=C/c1ccc(Br)c([N+](=O)[O-])c1. The van der Waals surface area contributed by atoms with Gasteiger partial charge in [0.2, 0.25) is 0 Å². The summed E-state index contributed by atoms with van der Waals surface area (Å²) in [4.78, 5) is 21.9. The number of nitrogens with zero attached hydrogens (tertiary/aromatic N) is 2. The Kier molecular flexibility index (Phi) is 6.52. The van der Waals surface area contributed by atoms with Gasteiger partial charge >= 0.3 is 5.97 Å². The minimum atomic E-state index is -0.805. The molecule has 110 valence electrons. The first-order chi connectivity index (χ1) is 9.99. The predicted molar refractivity (Wildman–Crippen MR) is 77.2 cm³/mol. The smallest absolute Gasteiger partial charge is 0.348 e. The van der Waals surface area contributed by atoms with Gasteiger partial charge in [0, 0.05) is 13.2 Å². The van der Waals surface area contributed by atoms with E-state index in [0.29, 0.717) is 10.0 Å². The quantitative estimate of drug-likeness (QED) is 0.194. The van der Waals surface area contributed by atoms with Crippen LogP contribution < -0.4 is 0 Å². The van der Waals surface area contributed by atoms with Gasteiger partial charge in [0.05, 0.1) is 16.0 Å². The number of halogens is 1. The number of nitriles is 1. The van der Waals surface area contributed by atoms with Crippen LogP contribution in [0, 0.1) is 21.4 Å². The number of hydrogen-bond acceptors (Lipinski definition) is 6. The van der Waals surface area contributed by atoms with Gasteiger partial charge in [-0.1, -0.05) is 6.07 Å². The van der Waals surface area contributed by atoms with Gasteiger partial charge in [-0.25, -0.2) is 4.79 Å². The molecule has 1 rings (SSSR count). The fraction of sp³-hybridized carbons (Fsp3) is 0.231. The molecule has 0 aliphatic heterocycles. The lowest BCUT2D eigenvalue weighted by molar-refractivity contribution is -0.385. The van der Waals surface area contributed by atoms with E-state index in [-0.39, 0.29) is 24.5 Å². The molecule has 0 saturated heterocycles. The van der Waals surface area contributed by atoms with E-state index in [9.17, 15) is 14.9 Å². The number of benzene rings is 1. The highest BCUT2D eigenvalue weighted by Gasteiger charge is 2.14. The third-order valence-corrected chi connectivity index (χ3v) is 3.01. The maximum absolute atomic E-state index is 11.6. The van der Waals surface area contributed by atoms with Crippen molar-refractivity contribution in [2.24, 2.45) is 0 Å². The lowest BCUT2D eigenvalue weighted by Gasteiger charge is -2.03. The molecule has 0 N–H and O–H groups in total. The lowest BCUT2D eigenvalue weighted by atomic mass is 10.1. The van der Waals surface area contributed by atoms with Crippen molar-refractivity contribution in [1.29, 1.82) is 5.26 Å². The highest BCUT2D eigenvalue weighted by molar-refractivity contribution is 9.10. The average Bonchev–Trinajstić information content (AvgIpc) is 2.46. The standard InChI is InChI=1S/C13H11BrN2O5/c1-20-4-5-21-13(17)10(8-15)6-9-2-3-11(14)12(7-9)16(18)19/h2-3,6-7H,4-5H2,1H3/b10-6+. The van der Waals surface area contributed by atoms with Crippen molar-refractivity contribution in [1.82, 2.24) is 0 Å². The maximum atomic E-state index is 11.6. The second-order valence-electron chi connectivity index (χ2n) is 3.77. The van der Waals surface area contributed by atoms with E-state index in [4.69, 9.17) is 14.7 Å². The van der Waals surface area contributed by atoms with Crippen LogP contribution in [0.15, 0.2) is 28.2 Å². The Balaban J connectivity index is 2.98. The van der Waals surface area contributed by atoms with Crippen molar-refractivity contribution in [3.05, 3.63) is 43.9 Å². The van der Waals surface area contributed by atoms with Crippen molar-refractivity contribution in [3.63, 3.8) is 0 Å². The van der Waals surface area contributed by atoms with Gasteiger partial charge in [-0.15, -0.1) is 0 Å². The number of hydrogen-bond donors (Lipinski definition) is 0. The summed E-state index contributed by atoms with van der Waals surface area (Å²) >= 11 is 3.05. The number of methoxy groups -OCH3 is 1. The summed E-state index contributed by atoms with van der Waals surface area (Å²) in [5, 5.41) is 19.8. The predicted octanol–water partition coefficient (Wildman–Crippen LogP) is 2.45. The number of rotatable bonds is 6. The fourth-order valence-electron chi connectivity index (χ4n) is 1.36. The Hall–Kier alpha value is -2.24. The Morgan fingerprint density at radius 2 is 2.24 bits per heavy atom. The summed E-state index contributed by atoms with van der Waals surface area (Å²) in [6.07, 6.45) is 1.23. The summed E-state index contributed by atoms with van der Waals surface area (Å²) in [6, 6.07) is 5.96. The van der Waals surface area contributed by atoms with Crippen molar-refractivity contribution in [3.8, 4) is 6.07 Å². The molecule has 0 saturated carbocycles. The second-order valence-corrected chi connectivity index (χ2v) is 4.62. The molecule has 1 aromatic carbocycles. The molecule has 0 heterocycles. The molecule has 0 bridgehead atoms. The van der Waals surface area contributed by atoms with Crippen LogP contribution in [-0.2, 0) is 14.3 Å². The number of nitro groups is 1. The summed E-state index contributed by atoms with van der Waals surface area (Å²) in [7, 11) is 1.45. The van der Waals surface area contributed by atoms with E-state index in [1.54, 1.807) is 6.07 Å². The van der Waals surface area contributed by atoms with Crippen molar-refractivity contribution in [2.75, 3.05) is 20.3 Å². The molecular weight excluding hydrogens is 344 g/mol. The number of carbonyl (C=O) groups is 1. The average molecular weight is 355 g/mol. The van der Waals surface area contributed by atoms with Gasteiger partial charge < -0.3 is 9.47 Å². The number of carbonyl (C=O) groups excluding carboxylic acids is 1. The van der Waals surface area contributed by atoms with Gasteiger partial charge in [0.25, 0.3) is 5.69 Å². The topological polar surface area (TPSA) is 102 Å². The Labute approximate surface area is 129 Å². The molecule has 0 atom stereocenters. The first-order valence-electron chi connectivity index (χ1n) is 5.71. The van der Waals surface area contributed by atoms with Gasteiger partial charge in [-0.2, -0.15) is 5.26 Å². The molecule has 0 fully saturated rings. The Morgan fingerprint density at radius 1 is 1.52 bits per heavy atom. The largest absolute Gasteiger partial charge is 0.459 e. The molecule has 0 aliphatic carbocycles. The van der Waals surface area contributed by atoms with Crippen LogP contribution >= 0.6 is 15.9 Å².